The van der Waals surface area contributed by atoms with Crippen LogP contribution in [0.5, 0.6) is 5.75 Å². The van der Waals surface area contributed by atoms with E-state index in [2.05, 4.69) is 39.5 Å². The third-order valence-electron chi connectivity index (χ3n) is 4.59. The van der Waals surface area contributed by atoms with Gasteiger partial charge in [0.1, 0.15) is 17.9 Å². The van der Waals surface area contributed by atoms with Gasteiger partial charge < -0.3 is 20.1 Å². The van der Waals surface area contributed by atoms with Crippen LogP contribution in [0.1, 0.15) is 25.3 Å². The van der Waals surface area contributed by atoms with Crippen molar-refractivity contribution >= 4 is 22.8 Å². The second-order valence-electron chi connectivity index (χ2n) is 7.11. The number of benzene rings is 1. The molecule has 2 aromatic heterocycles. The molecule has 160 valence electrons. The van der Waals surface area contributed by atoms with E-state index in [-0.39, 0.29) is 12.5 Å². The van der Waals surface area contributed by atoms with Crippen LogP contribution in [-0.4, -0.2) is 59.1 Å². The summed E-state index contributed by atoms with van der Waals surface area (Å²) in [5.41, 5.74) is 1.94. The normalized spacial score (nSPS) is 11.1. The minimum absolute atomic E-state index is 0.0311. The fourth-order valence-corrected chi connectivity index (χ4v) is 2.92. The molecule has 1 amide bonds. The summed E-state index contributed by atoms with van der Waals surface area (Å²) in [5, 5.41) is 11.2. The van der Waals surface area contributed by atoms with E-state index < -0.39 is 0 Å². The number of rotatable bonds is 11. The van der Waals surface area contributed by atoms with Gasteiger partial charge >= 0.3 is 0 Å². The third-order valence-corrected chi connectivity index (χ3v) is 4.59. The van der Waals surface area contributed by atoms with Gasteiger partial charge in [-0.2, -0.15) is 5.10 Å². The molecular weight excluding hydrogens is 384 g/mol. The number of methoxy groups -OCH3 is 1. The molecule has 0 saturated heterocycles. The highest BCUT2D eigenvalue weighted by Gasteiger charge is 2.10. The Labute approximate surface area is 175 Å². The van der Waals surface area contributed by atoms with Gasteiger partial charge in [-0.15, -0.1) is 0 Å². The van der Waals surface area contributed by atoms with Crippen molar-refractivity contribution < 1.29 is 14.3 Å². The van der Waals surface area contributed by atoms with E-state index in [0.717, 1.165) is 5.39 Å². The zero-order valence-corrected chi connectivity index (χ0v) is 17.6. The number of amides is 1. The first-order valence-corrected chi connectivity index (χ1v) is 9.97. The molecule has 1 aromatic carbocycles. The fraction of sp³-hybridized carbons (Fsp3) is 0.429. The lowest BCUT2D eigenvalue weighted by Crippen LogP contribution is -2.31. The Kier molecular flexibility index (Phi) is 7.56. The van der Waals surface area contributed by atoms with Gasteiger partial charge in [0, 0.05) is 20.2 Å². The summed E-state index contributed by atoms with van der Waals surface area (Å²) in [7, 11) is 1.65. The average molecular weight is 412 g/mol. The second kappa shape index (κ2) is 10.5. The minimum Gasteiger partial charge on any atom is -0.484 e. The molecule has 9 nitrogen and oxygen atoms in total. The summed E-state index contributed by atoms with van der Waals surface area (Å²) in [6, 6.07) is 7.80. The van der Waals surface area contributed by atoms with Crippen LogP contribution in [0.4, 0.5) is 5.82 Å². The van der Waals surface area contributed by atoms with Gasteiger partial charge in [0.05, 0.1) is 24.7 Å². The smallest absolute Gasteiger partial charge is 0.258 e. The predicted octanol–water partition coefficient (Wildman–Crippen LogP) is 2.20. The van der Waals surface area contributed by atoms with E-state index in [1.165, 1.54) is 11.9 Å². The molecule has 0 aliphatic carbocycles. The third kappa shape index (κ3) is 5.66. The number of hydrogen-bond acceptors (Lipinski definition) is 7. The number of hydrogen-bond donors (Lipinski definition) is 2. The summed E-state index contributed by atoms with van der Waals surface area (Å²) in [6.07, 6.45) is 3.21. The quantitative estimate of drug-likeness (QED) is 0.465. The highest BCUT2D eigenvalue weighted by atomic mass is 16.5. The van der Waals surface area contributed by atoms with Gasteiger partial charge in [-0.25, -0.2) is 14.6 Å². The number of nitrogens with zero attached hydrogens (tertiary/aromatic N) is 4. The lowest BCUT2D eigenvalue weighted by atomic mass is 10.0. The van der Waals surface area contributed by atoms with E-state index in [1.54, 1.807) is 18.0 Å². The SMILES string of the molecule is COCCNc1ncnc2c1cnn2CCNC(=O)COc1ccc(C(C)C)cc1. The first-order chi connectivity index (χ1) is 14.6. The maximum absolute atomic E-state index is 12.1. The lowest BCUT2D eigenvalue weighted by Gasteiger charge is -2.10. The van der Waals surface area contributed by atoms with Crippen LogP contribution in [0.3, 0.4) is 0 Å². The van der Waals surface area contributed by atoms with Gasteiger partial charge in [0.15, 0.2) is 12.3 Å². The van der Waals surface area contributed by atoms with Crippen LogP contribution in [0.2, 0.25) is 0 Å². The number of carbonyl (C=O) groups is 1. The molecule has 2 N–H and O–H groups in total. The molecule has 0 saturated carbocycles. The maximum Gasteiger partial charge on any atom is 0.258 e. The first-order valence-electron chi connectivity index (χ1n) is 9.97. The zero-order chi connectivity index (χ0) is 21.3. The van der Waals surface area contributed by atoms with Crippen LogP contribution in [0, 0.1) is 0 Å². The van der Waals surface area contributed by atoms with Crippen molar-refractivity contribution in [2.45, 2.75) is 26.3 Å². The van der Waals surface area contributed by atoms with Gasteiger partial charge in [-0.3, -0.25) is 4.79 Å². The summed E-state index contributed by atoms with van der Waals surface area (Å²) in [5.74, 6) is 1.67. The largest absolute Gasteiger partial charge is 0.484 e. The van der Waals surface area contributed by atoms with Crippen LogP contribution in [0.25, 0.3) is 11.0 Å². The number of fused-ring (bicyclic) bond motifs is 1. The summed E-state index contributed by atoms with van der Waals surface area (Å²) >= 11 is 0. The Morgan fingerprint density at radius 3 is 2.70 bits per heavy atom. The van der Waals surface area contributed by atoms with E-state index >= 15 is 0 Å². The van der Waals surface area contributed by atoms with Crippen molar-refractivity contribution in [1.29, 1.82) is 0 Å². The number of ether oxygens (including phenoxy) is 2. The summed E-state index contributed by atoms with van der Waals surface area (Å²) in [6.45, 7) is 6.37. The van der Waals surface area contributed by atoms with Gasteiger partial charge in [0.25, 0.3) is 5.91 Å². The zero-order valence-electron chi connectivity index (χ0n) is 17.6. The van der Waals surface area contributed by atoms with Crippen molar-refractivity contribution in [3.8, 4) is 5.75 Å². The standard InChI is InChI=1S/C21H28N6O3/c1-15(2)16-4-6-17(7-5-16)30-13-19(28)22-8-10-27-21-18(12-26-27)20(24-14-25-21)23-9-11-29-3/h4-7,12,14-15H,8-11,13H2,1-3H3,(H,22,28)(H,23,24,25). The highest BCUT2D eigenvalue weighted by Crippen LogP contribution is 2.19. The van der Waals surface area contributed by atoms with Crippen LogP contribution < -0.4 is 15.4 Å². The minimum atomic E-state index is -0.184. The van der Waals surface area contributed by atoms with Crippen molar-refractivity contribution in [1.82, 2.24) is 25.1 Å². The van der Waals surface area contributed by atoms with Crippen LogP contribution in [-0.2, 0) is 16.1 Å². The molecule has 0 radical (unpaired) electrons. The Balaban J connectivity index is 1.47. The monoisotopic (exact) mass is 412 g/mol. The highest BCUT2D eigenvalue weighted by molar-refractivity contribution is 5.86. The van der Waals surface area contributed by atoms with Crippen molar-refractivity contribution in [2.75, 3.05) is 38.7 Å². The Morgan fingerprint density at radius 2 is 1.97 bits per heavy atom. The molecule has 3 aromatic rings. The Morgan fingerprint density at radius 1 is 1.17 bits per heavy atom. The molecule has 0 spiro atoms. The molecule has 3 rings (SSSR count). The number of carbonyl (C=O) groups excluding carboxylic acids is 1. The molecule has 0 aliphatic rings. The lowest BCUT2D eigenvalue weighted by molar-refractivity contribution is -0.123. The fourth-order valence-electron chi connectivity index (χ4n) is 2.92. The second-order valence-corrected chi connectivity index (χ2v) is 7.11. The molecule has 0 unspecified atom stereocenters. The molecule has 9 heteroatoms. The Hall–Kier alpha value is -3.20. The number of anilines is 1. The molecule has 2 heterocycles. The van der Waals surface area contributed by atoms with E-state index in [0.29, 0.717) is 49.4 Å². The van der Waals surface area contributed by atoms with Crippen molar-refractivity contribution in [3.63, 3.8) is 0 Å². The number of aromatic nitrogens is 4. The van der Waals surface area contributed by atoms with Gasteiger partial charge in [0.2, 0.25) is 0 Å². The summed E-state index contributed by atoms with van der Waals surface area (Å²) in [4.78, 5) is 20.6. The van der Waals surface area contributed by atoms with E-state index in [1.807, 2.05) is 24.3 Å². The molecule has 0 aliphatic heterocycles. The van der Waals surface area contributed by atoms with E-state index in [4.69, 9.17) is 9.47 Å². The van der Waals surface area contributed by atoms with Crippen molar-refractivity contribution in [3.05, 3.63) is 42.4 Å². The van der Waals surface area contributed by atoms with Crippen LogP contribution in [0.15, 0.2) is 36.8 Å². The number of nitrogens with one attached hydrogen (secondary N) is 2. The van der Waals surface area contributed by atoms with Gasteiger partial charge in [-0.1, -0.05) is 26.0 Å². The van der Waals surface area contributed by atoms with Crippen molar-refractivity contribution in [2.24, 2.45) is 0 Å². The average Bonchev–Trinajstić information content (AvgIpc) is 3.17. The predicted molar refractivity (Wildman–Crippen MR) is 115 cm³/mol. The first kappa shape index (κ1) is 21.5. The van der Waals surface area contributed by atoms with Crippen LogP contribution >= 0.6 is 0 Å². The Bertz CT molecular complexity index is 955. The molecule has 30 heavy (non-hydrogen) atoms. The topological polar surface area (TPSA) is 103 Å². The maximum atomic E-state index is 12.1. The molecule has 0 atom stereocenters. The van der Waals surface area contributed by atoms with E-state index in [9.17, 15) is 4.79 Å². The molecule has 0 bridgehead atoms. The molecular formula is C21H28N6O3. The summed E-state index contributed by atoms with van der Waals surface area (Å²) < 4.78 is 12.3. The molecule has 0 fully saturated rings. The van der Waals surface area contributed by atoms with Gasteiger partial charge in [-0.05, 0) is 23.6 Å².